The molecular weight excluding hydrogens is 310 g/mol. The number of nitrogens with zero attached hydrogens (tertiary/aromatic N) is 1. The Bertz CT molecular complexity index is 670. The molecule has 0 spiro atoms. The maximum Gasteiger partial charge on any atom is 0.411 e. The highest BCUT2D eigenvalue weighted by Crippen LogP contribution is 2.22. The molecule has 0 saturated heterocycles. The number of hydrogen-bond donors (Lipinski definition) is 0. The molecule has 3 heteroatoms. The van der Waals surface area contributed by atoms with Crippen LogP contribution < -0.4 is 0 Å². The summed E-state index contributed by atoms with van der Waals surface area (Å²) in [5.74, 6) is 0. The van der Waals surface area contributed by atoms with Gasteiger partial charge < -0.3 is 9.64 Å². The fraction of sp³-hybridized carbons (Fsp3) is 0.318. The summed E-state index contributed by atoms with van der Waals surface area (Å²) >= 11 is 0. The molecule has 0 bridgehead atoms. The van der Waals surface area contributed by atoms with Gasteiger partial charge in [0.05, 0.1) is 0 Å². The third-order valence-corrected chi connectivity index (χ3v) is 3.94. The third-order valence-electron chi connectivity index (χ3n) is 3.94. The molecule has 0 saturated carbocycles. The van der Waals surface area contributed by atoms with Crippen molar-refractivity contribution >= 4 is 12.2 Å². The predicted octanol–water partition coefficient (Wildman–Crippen LogP) is 5.70. The molecule has 0 aliphatic carbocycles. The van der Waals surface area contributed by atoms with E-state index in [0.29, 0.717) is 0 Å². The second-order valence-electron chi connectivity index (χ2n) is 6.58. The number of amides is 1. The summed E-state index contributed by atoms with van der Waals surface area (Å²) in [7, 11) is 0. The van der Waals surface area contributed by atoms with Crippen LogP contribution in [0.3, 0.4) is 0 Å². The average Bonchev–Trinajstić information content (AvgIpc) is 2.59. The minimum absolute atomic E-state index is 0.0852. The first-order valence-corrected chi connectivity index (χ1v) is 8.76. The van der Waals surface area contributed by atoms with Gasteiger partial charge in [-0.25, -0.2) is 4.79 Å². The van der Waals surface area contributed by atoms with Gasteiger partial charge in [-0.3, -0.25) is 0 Å². The van der Waals surface area contributed by atoms with E-state index in [-0.39, 0.29) is 18.2 Å². The van der Waals surface area contributed by atoms with Crippen molar-refractivity contribution in [3.63, 3.8) is 0 Å². The Labute approximate surface area is 150 Å². The zero-order valence-electron chi connectivity index (χ0n) is 15.4. The van der Waals surface area contributed by atoms with E-state index in [4.69, 9.17) is 4.74 Å². The lowest BCUT2D eigenvalue weighted by atomic mass is 10.1. The van der Waals surface area contributed by atoms with Crippen molar-refractivity contribution in [2.45, 2.75) is 45.9 Å². The predicted molar refractivity (Wildman–Crippen MR) is 103 cm³/mol. The molecule has 2 aromatic carbocycles. The maximum absolute atomic E-state index is 12.7. The highest BCUT2D eigenvalue weighted by Gasteiger charge is 2.24. The summed E-state index contributed by atoms with van der Waals surface area (Å²) in [6, 6.07) is 20.0. The second kappa shape index (κ2) is 9.07. The average molecular weight is 337 g/mol. The van der Waals surface area contributed by atoms with Crippen LogP contribution in [0.1, 0.15) is 44.9 Å². The van der Waals surface area contributed by atoms with Crippen molar-refractivity contribution in [3.05, 3.63) is 77.9 Å². The van der Waals surface area contributed by atoms with E-state index in [9.17, 15) is 4.79 Å². The van der Waals surface area contributed by atoms with Crippen LogP contribution in [0.2, 0.25) is 0 Å². The lowest BCUT2D eigenvalue weighted by Crippen LogP contribution is -2.42. The highest BCUT2D eigenvalue weighted by molar-refractivity contribution is 5.69. The molecule has 0 aromatic heterocycles. The van der Waals surface area contributed by atoms with Crippen LogP contribution in [0.25, 0.3) is 6.08 Å². The Kier molecular flexibility index (Phi) is 6.81. The molecule has 2 rings (SSSR count). The monoisotopic (exact) mass is 337 g/mol. The molecule has 1 unspecified atom stereocenters. The van der Waals surface area contributed by atoms with Crippen LogP contribution in [0.4, 0.5) is 4.79 Å². The van der Waals surface area contributed by atoms with Crippen molar-refractivity contribution in [2.75, 3.05) is 0 Å². The standard InChI is InChI=1S/C22H27NO2/c1-17(2)23(18(3)4)22(24)25-21(20-13-9-6-10-14-20)16-15-19-11-7-5-8-12-19/h5-18,21H,1-4H3/b16-15-. The molecule has 0 aliphatic rings. The van der Waals surface area contributed by atoms with E-state index in [1.165, 1.54) is 0 Å². The molecule has 0 heterocycles. The summed E-state index contributed by atoms with van der Waals surface area (Å²) in [6.45, 7) is 7.99. The molecule has 132 valence electrons. The first-order valence-electron chi connectivity index (χ1n) is 8.76. The molecule has 3 nitrogen and oxygen atoms in total. The first kappa shape index (κ1) is 18.8. The van der Waals surface area contributed by atoms with Gasteiger partial charge in [-0.05, 0) is 44.9 Å². The molecule has 2 aromatic rings. The zero-order chi connectivity index (χ0) is 18.2. The topological polar surface area (TPSA) is 29.5 Å². The second-order valence-corrected chi connectivity index (χ2v) is 6.58. The van der Waals surface area contributed by atoms with Gasteiger partial charge in [0.2, 0.25) is 0 Å². The van der Waals surface area contributed by atoms with Crippen LogP contribution in [0.5, 0.6) is 0 Å². The minimum atomic E-state index is -0.422. The van der Waals surface area contributed by atoms with Gasteiger partial charge in [0.1, 0.15) is 6.10 Å². The van der Waals surface area contributed by atoms with Crippen molar-refractivity contribution in [3.8, 4) is 0 Å². The molecule has 1 amide bonds. The summed E-state index contributed by atoms with van der Waals surface area (Å²) in [5, 5.41) is 0. The number of rotatable bonds is 6. The van der Waals surface area contributed by atoms with Gasteiger partial charge in [-0.2, -0.15) is 0 Å². The van der Waals surface area contributed by atoms with Crippen LogP contribution in [0, 0.1) is 0 Å². The molecule has 1 atom stereocenters. The van der Waals surface area contributed by atoms with Gasteiger partial charge in [0.15, 0.2) is 0 Å². The summed E-state index contributed by atoms with van der Waals surface area (Å²) < 4.78 is 5.84. The fourth-order valence-electron chi connectivity index (χ4n) is 2.81. The van der Waals surface area contributed by atoms with E-state index in [2.05, 4.69) is 0 Å². The summed E-state index contributed by atoms with van der Waals surface area (Å²) in [5.41, 5.74) is 2.03. The molecule has 25 heavy (non-hydrogen) atoms. The number of benzene rings is 2. The molecule has 0 aliphatic heterocycles. The summed E-state index contributed by atoms with van der Waals surface area (Å²) in [4.78, 5) is 14.4. The van der Waals surface area contributed by atoms with Gasteiger partial charge in [0, 0.05) is 12.1 Å². The molecule has 0 N–H and O–H groups in total. The van der Waals surface area contributed by atoms with Crippen LogP contribution >= 0.6 is 0 Å². The van der Waals surface area contributed by atoms with Gasteiger partial charge in [0.25, 0.3) is 0 Å². The third kappa shape index (κ3) is 5.49. The maximum atomic E-state index is 12.7. The smallest absolute Gasteiger partial charge is 0.411 e. The van der Waals surface area contributed by atoms with E-state index < -0.39 is 6.10 Å². The Morgan fingerprint density at radius 2 is 1.40 bits per heavy atom. The Morgan fingerprint density at radius 3 is 1.92 bits per heavy atom. The van der Waals surface area contributed by atoms with Crippen molar-refractivity contribution in [2.24, 2.45) is 0 Å². The quantitative estimate of drug-likeness (QED) is 0.677. The molecule has 0 fully saturated rings. The van der Waals surface area contributed by atoms with E-state index in [1.807, 2.05) is 101 Å². The number of carbonyl (C=O) groups excluding carboxylic acids is 1. The largest absolute Gasteiger partial charge is 0.437 e. The van der Waals surface area contributed by atoms with E-state index in [1.54, 1.807) is 4.90 Å². The first-order chi connectivity index (χ1) is 12.0. The zero-order valence-corrected chi connectivity index (χ0v) is 15.4. The van der Waals surface area contributed by atoms with Crippen molar-refractivity contribution < 1.29 is 9.53 Å². The van der Waals surface area contributed by atoms with Crippen molar-refractivity contribution in [1.82, 2.24) is 4.90 Å². The molecular formula is C22H27NO2. The Morgan fingerprint density at radius 1 is 0.880 bits per heavy atom. The van der Waals surface area contributed by atoms with Gasteiger partial charge in [-0.15, -0.1) is 0 Å². The lowest BCUT2D eigenvalue weighted by Gasteiger charge is -2.31. The summed E-state index contributed by atoms with van der Waals surface area (Å²) in [6.07, 6.45) is 3.20. The number of hydrogen-bond acceptors (Lipinski definition) is 2. The van der Waals surface area contributed by atoms with Crippen LogP contribution in [0.15, 0.2) is 66.7 Å². The number of carbonyl (C=O) groups is 1. The lowest BCUT2D eigenvalue weighted by molar-refractivity contribution is 0.0602. The fourth-order valence-corrected chi connectivity index (χ4v) is 2.81. The molecule has 0 radical (unpaired) electrons. The van der Waals surface area contributed by atoms with E-state index >= 15 is 0 Å². The Hall–Kier alpha value is -2.55. The minimum Gasteiger partial charge on any atom is -0.437 e. The van der Waals surface area contributed by atoms with Crippen LogP contribution in [-0.2, 0) is 4.74 Å². The van der Waals surface area contributed by atoms with Crippen molar-refractivity contribution in [1.29, 1.82) is 0 Å². The number of ether oxygens (including phenoxy) is 1. The highest BCUT2D eigenvalue weighted by atomic mass is 16.6. The van der Waals surface area contributed by atoms with Gasteiger partial charge >= 0.3 is 6.09 Å². The van der Waals surface area contributed by atoms with Gasteiger partial charge in [-0.1, -0.05) is 66.7 Å². The Balaban J connectivity index is 2.23. The SMILES string of the molecule is CC(C)N(C(=O)OC(/C=C\c1ccccc1)c1ccccc1)C(C)C. The van der Waals surface area contributed by atoms with E-state index in [0.717, 1.165) is 11.1 Å². The van der Waals surface area contributed by atoms with Crippen LogP contribution in [-0.4, -0.2) is 23.1 Å². The normalized spacial score (nSPS) is 12.6.